The Labute approximate surface area is 261 Å². The van der Waals surface area contributed by atoms with Crippen LogP contribution < -0.4 is 0 Å². The number of fused-ring (bicyclic) bond motifs is 2. The van der Waals surface area contributed by atoms with Crippen LogP contribution in [0.5, 0.6) is 5.75 Å². The molecule has 1 aromatic heterocycles. The van der Waals surface area contributed by atoms with E-state index in [-0.39, 0.29) is 17.0 Å². The molecule has 0 fully saturated rings. The molecule has 5 heteroatoms. The van der Waals surface area contributed by atoms with Crippen molar-refractivity contribution in [3.63, 3.8) is 0 Å². The van der Waals surface area contributed by atoms with Crippen molar-refractivity contribution in [2.45, 2.75) is 26.2 Å². The lowest BCUT2D eigenvalue weighted by Crippen LogP contribution is -2.11. The van der Waals surface area contributed by atoms with E-state index in [9.17, 15) is 9.50 Å². The fraction of sp³-hybridized carbons (Fsp3) is 0.100. The molecule has 45 heavy (non-hydrogen) atoms. The van der Waals surface area contributed by atoms with Gasteiger partial charge in [-0.15, -0.1) is 0 Å². The third-order valence-electron chi connectivity index (χ3n) is 8.12. The Morgan fingerprint density at radius 2 is 1.47 bits per heavy atom. The van der Waals surface area contributed by atoms with Gasteiger partial charge in [0.05, 0.1) is 11.3 Å². The zero-order chi connectivity index (χ0) is 31.1. The first-order valence-electron chi connectivity index (χ1n) is 14.9. The molecule has 0 aliphatic rings. The van der Waals surface area contributed by atoms with E-state index in [0.29, 0.717) is 22.7 Å². The summed E-state index contributed by atoms with van der Waals surface area (Å²) in [6.07, 6.45) is 1.68. The Morgan fingerprint density at radius 3 is 2.29 bits per heavy atom. The molecule has 0 aliphatic heterocycles. The molecule has 7 aromatic rings. The SMILES string of the molecule is CC(C)(C)c1ccc(O)c(C=Nc2ccccc2-c2nc3c(-c4cccc5ccccc45)cc(-c4ccc(F)cc4)cc3o2)c1. The van der Waals surface area contributed by atoms with Gasteiger partial charge >= 0.3 is 0 Å². The number of halogens is 1. The summed E-state index contributed by atoms with van der Waals surface area (Å²) in [7, 11) is 0. The van der Waals surface area contributed by atoms with Crippen molar-refractivity contribution in [1.82, 2.24) is 4.98 Å². The number of para-hydroxylation sites is 1. The molecule has 0 saturated heterocycles. The normalized spacial score (nSPS) is 12.0. The molecule has 0 amide bonds. The first-order valence-corrected chi connectivity index (χ1v) is 14.9. The number of phenolic OH excluding ortho intramolecular Hbond substituents is 1. The fourth-order valence-corrected chi connectivity index (χ4v) is 5.65. The van der Waals surface area contributed by atoms with Crippen LogP contribution in [-0.4, -0.2) is 16.3 Å². The van der Waals surface area contributed by atoms with Gasteiger partial charge in [-0.25, -0.2) is 9.37 Å². The molecule has 0 spiro atoms. The lowest BCUT2D eigenvalue weighted by Gasteiger charge is -2.19. The zero-order valence-corrected chi connectivity index (χ0v) is 25.3. The highest BCUT2D eigenvalue weighted by molar-refractivity contribution is 6.05. The van der Waals surface area contributed by atoms with Crippen LogP contribution in [0, 0.1) is 5.82 Å². The van der Waals surface area contributed by atoms with E-state index in [4.69, 9.17) is 14.4 Å². The maximum atomic E-state index is 13.8. The fourth-order valence-electron chi connectivity index (χ4n) is 5.65. The van der Waals surface area contributed by atoms with Crippen LogP contribution in [0.15, 0.2) is 131 Å². The van der Waals surface area contributed by atoms with Crippen molar-refractivity contribution in [2.24, 2.45) is 4.99 Å². The summed E-state index contributed by atoms with van der Waals surface area (Å²) in [6, 6.07) is 38.3. The molecule has 6 aromatic carbocycles. The second kappa shape index (κ2) is 11.2. The summed E-state index contributed by atoms with van der Waals surface area (Å²) >= 11 is 0. The van der Waals surface area contributed by atoms with Crippen LogP contribution in [-0.2, 0) is 5.41 Å². The van der Waals surface area contributed by atoms with Gasteiger partial charge in [-0.3, -0.25) is 4.99 Å². The minimum Gasteiger partial charge on any atom is -0.507 e. The molecule has 4 nitrogen and oxygen atoms in total. The summed E-state index contributed by atoms with van der Waals surface area (Å²) in [4.78, 5) is 9.83. The number of hydrogen-bond acceptors (Lipinski definition) is 4. The monoisotopic (exact) mass is 590 g/mol. The number of rotatable bonds is 5. The quantitative estimate of drug-likeness (QED) is 0.203. The second-order valence-corrected chi connectivity index (χ2v) is 12.2. The number of aliphatic imine (C=N–C) groups is 1. The Morgan fingerprint density at radius 1 is 0.733 bits per heavy atom. The van der Waals surface area contributed by atoms with Crippen LogP contribution in [0.3, 0.4) is 0 Å². The summed E-state index contributed by atoms with van der Waals surface area (Å²) in [5.74, 6) is 0.314. The van der Waals surface area contributed by atoms with Crippen molar-refractivity contribution >= 4 is 33.8 Å². The molecule has 7 rings (SSSR count). The van der Waals surface area contributed by atoms with Crippen molar-refractivity contribution in [1.29, 1.82) is 0 Å². The highest BCUT2D eigenvalue weighted by atomic mass is 19.1. The van der Waals surface area contributed by atoms with Crippen LogP contribution in [0.2, 0.25) is 0 Å². The average Bonchev–Trinajstić information content (AvgIpc) is 3.48. The van der Waals surface area contributed by atoms with E-state index < -0.39 is 0 Å². The predicted octanol–water partition coefficient (Wildman–Crippen LogP) is 10.9. The number of aromatic hydroxyl groups is 1. The van der Waals surface area contributed by atoms with Crippen molar-refractivity contribution in [3.05, 3.63) is 138 Å². The third-order valence-corrected chi connectivity index (χ3v) is 8.12. The van der Waals surface area contributed by atoms with Gasteiger partial charge in [-0.1, -0.05) is 93.6 Å². The van der Waals surface area contributed by atoms with Crippen LogP contribution >= 0.6 is 0 Å². The molecule has 1 N–H and O–H groups in total. The third kappa shape index (κ3) is 5.49. The molecule has 0 radical (unpaired) electrons. The molecular weight excluding hydrogens is 559 g/mol. The summed E-state index contributed by atoms with van der Waals surface area (Å²) in [6.45, 7) is 6.41. The number of oxazole rings is 1. The minimum atomic E-state index is -0.285. The molecule has 0 bridgehead atoms. The molecule has 0 aliphatic carbocycles. The van der Waals surface area contributed by atoms with Crippen molar-refractivity contribution < 1.29 is 13.9 Å². The molecule has 0 atom stereocenters. The topological polar surface area (TPSA) is 58.6 Å². The molecule has 220 valence electrons. The van der Waals surface area contributed by atoms with E-state index in [2.05, 4.69) is 51.1 Å². The van der Waals surface area contributed by atoms with Gasteiger partial charge < -0.3 is 9.52 Å². The lowest BCUT2D eigenvalue weighted by atomic mass is 9.86. The van der Waals surface area contributed by atoms with Crippen molar-refractivity contribution in [2.75, 3.05) is 0 Å². The van der Waals surface area contributed by atoms with E-state index in [0.717, 1.165) is 49.7 Å². The molecule has 0 saturated carbocycles. The highest BCUT2D eigenvalue weighted by Crippen LogP contribution is 2.40. The first kappa shape index (κ1) is 28.2. The minimum absolute atomic E-state index is 0.0685. The summed E-state index contributed by atoms with van der Waals surface area (Å²) in [5.41, 5.74) is 8.12. The van der Waals surface area contributed by atoms with Crippen LogP contribution in [0.25, 0.3) is 55.6 Å². The van der Waals surface area contributed by atoms with Crippen molar-refractivity contribution in [3.8, 4) is 39.5 Å². The van der Waals surface area contributed by atoms with Gasteiger partial charge in [0.25, 0.3) is 0 Å². The second-order valence-electron chi connectivity index (χ2n) is 12.2. The largest absolute Gasteiger partial charge is 0.507 e. The Balaban J connectivity index is 1.39. The maximum absolute atomic E-state index is 13.8. The number of hydrogen-bond donors (Lipinski definition) is 1. The highest BCUT2D eigenvalue weighted by Gasteiger charge is 2.19. The van der Waals surface area contributed by atoms with E-state index >= 15 is 0 Å². The molecule has 1 heterocycles. The van der Waals surface area contributed by atoms with E-state index in [1.807, 2.05) is 60.7 Å². The van der Waals surface area contributed by atoms with Gasteiger partial charge in [0.2, 0.25) is 5.89 Å². The zero-order valence-electron chi connectivity index (χ0n) is 25.3. The van der Waals surface area contributed by atoms with Gasteiger partial charge in [0.1, 0.15) is 17.1 Å². The number of benzene rings is 6. The lowest BCUT2D eigenvalue weighted by molar-refractivity contribution is 0.473. The Bertz CT molecular complexity index is 2220. The van der Waals surface area contributed by atoms with Crippen LogP contribution in [0.4, 0.5) is 10.1 Å². The number of aromatic nitrogens is 1. The smallest absolute Gasteiger partial charge is 0.229 e. The molecule has 0 unspecified atom stereocenters. The number of nitrogens with zero attached hydrogens (tertiary/aromatic N) is 2. The van der Waals surface area contributed by atoms with E-state index in [1.165, 1.54) is 12.1 Å². The summed E-state index contributed by atoms with van der Waals surface area (Å²) in [5, 5.41) is 12.8. The van der Waals surface area contributed by atoms with Gasteiger partial charge in [-0.2, -0.15) is 0 Å². The van der Waals surface area contributed by atoms with Gasteiger partial charge in [0, 0.05) is 17.3 Å². The average molecular weight is 591 g/mol. The maximum Gasteiger partial charge on any atom is 0.229 e. The first-order chi connectivity index (χ1) is 21.7. The number of phenols is 1. The standard InChI is InChI=1S/C40H31FN2O2/c1-40(2,3)29-17-20-36(44)28(21-29)24-42-35-14-7-6-12-33(35)39-43-38-34(32-13-8-10-26-9-4-5-11-31(26)32)22-27(23-37(38)45-39)25-15-18-30(41)19-16-25/h4-24,44H,1-3H3. The molecular formula is C40H31FN2O2. The summed E-state index contributed by atoms with van der Waals surface area (Å²) < 4.78 is 20.3. The Hall–Kier alpha value is -5.55. The predicted molar refractivity (Wildman–Crippen MR) is 182 cm³/mol. The Kier molecular flexibility index (Phi) is 7.01. The van der Waals surface area contributed by atoms with Gasteiger partial charge in [0.15, 0.2) is 5.58 Å². The van der Waals surface area contributed by atoms with Crippen LogP contribution in [0.1, 0.15) is 31.9 Å². The van der Waals surface area contributed by atoms with E-state index in [1.54, 1.807) is 24.4 Å². The van der Waals surface area contributed by atoms with Gasteiger partial charge in [-0.05, 0) is 87.0 Å².